The summed E-state index contributed by atoms with van der Waals surface area (Å²) in [7, 11) is -1.98. The first kappa shape index (κ1) is 22.4. The molecule has 0 atom stereocenters. The van der Waals surface area contributed by atoms with Crippen molar-refractivity contribution in [2.45, 2.75) is 55.1 Å². The number of thioether (sulfide) groups is 1. The van der Waals surface area contributed by atoms with Crippen LogP contribution in [0, 0.1) is 5.92 Å². The molecule has 8 heteroatoms. The van der Waals surface area contributed by atoms with E-state index < -0.39 is 10.0 Å². The normalized spacial score (nSPS) is 19.8. The smallest absolute Gasteiger partial charge is 0.243 e. The predicted octanol–water partition coefficient (Wildman–Crippen LogP) is 3.28. The number of benzene rings is 1. The molecule has 6 nitrogen and oxygen atoms in total. The molecule has 1 saturated carbocycles. The highest BCUT2D eigenvalue weighted by atomic mass is 32.2. The molecule has 0 bridgehead atoms. The highest BCUT2D eigenvalue weighted by Crippen LogP contribution is 2.28. The maximum absolute atomic E-state index is 12.8. The second-order valence-electron chi connectivity index (χ2n) is 7.78. The number of rotatable bonds is 8. The summed E-state index contributed by atoms with van der Waals surface area (Å²) >= 11 is 1.98. The van der Waals surface area contributed by atoms with Crippen LogP contribution >= 0.6 is 11.8 Å². The highest BCUT2D eigenvalue weighted by molar-refractivity contribution is 7.99. The average Bonchev–Trinajstić information content (AvgIpc) is 2.77. The number of nitrogens with one attached hydrogen (secondary N) is 1. The molecule has 162 valence electrons. The molecule has 0 unspecified atom stereocenters. The maximum Gasteiger partial charge on any atom is 0.243 e. The van der Waals surface area contributed by atoms with Crippen LogP contribution in [0.5, 0.6) is 5.75 Å². The Bertz CT molecular complexity index is 753. The minimum atomic E-state index is -3.53. The Morgan fingerprint density at radius 3 is 2.38 bits per heavy atom. The summed E-state index contributed by atoms with van der Waals surface area (Å²) in [5, 5.41) is 3.80. The van der Waals surface area contributed by atoms with Gasteiger partial charge in [0.15, 0.2) is 0 Å². The molecule has 3 rings (SSSR count). The van der Waals surface area contributed by atoms with E-state index >= 15 is 0 Å². The third-order valence-corrected chi connectivity index (χ3v) is 9.12. The van der Waals surface area contributed by atoms with E-state index in [0.717, 1.165) is 11.0 Å². The van der Waals surface area contributed by atoms with Crippen molar-refractivity contribution in [3.8, 4) is 5.75 Å². The lowest BCUT2D eigenvalue weighted by Gasteiger charge is -2.30. The number of carbonyl (C=O) groups excluding carboxylic acids is 1. The van der Waals surface area contributed by atoms with Crippen molar-refractivity contribution >= 4 is 27.7 Å². The average molecular weight is 441 g/mol. The zero-order valence-corrected chi connectivity index (χ0v) is 18.8. The largest absolute Gasteiger partial charge is 0.497 e. The van der Waals surface area contributed by atoms with Gasteiger partial charge in [0.25, 0.3) is 0 Å². The Balaban J connectivity index is 1.41. The summed E-state index contributed by atoms with van der Waals surface area (Å²) in [5.74, 6) is 1.55. The summed E-state index contributed by atoms with van der Waals surface area (Å²) in [6.45, 7) is 1.46. The van der Waals surface area contributed by atoms with Crippen molar-refractivity contribution in [1.82, 2.24) is 9.62 Å². The number of piperidine rings is 1. The molecular weight excluding hydrogens is 408 g/mol. The van der Waals surface area contributed by atoms with Gasteiger partial charge in [0.05, 0.1) is 12.0 Å². The molecule has 0 radical (unpaired) electrons. The molecule has 1 aliphatic carbocycles. The standard InChI is InChI=1S/C21H32N2O4S2/c1-27-18-7-9-20(10-8-18)29(25,26)23-14-11-17(12-15-23)21(24)22-13-16-28-19-5-3-2-4-6-19/h7-10,17,19H,2-6,11-16H2,1H3,(H,22,24). The number of hydrogen-bond donors (Lipinski definition) is 1. The van der Waals surface area contributed by atoms with Gasteiger partial charge in [-0.05, 0) is 49.9 Å². The van der Waals surface area contributed by atoms with E-state index in [1.807, 2.05) is 11.8 Å². The minimum Gasteiger partial charge on any atom is -0.497 e. The first-order chi connectivity index (χ1) is 14.0. The molecule has 0 aromatic heterocycles. The van der Waals surface area contributed by atoms with E-state index in [-0.39, 0.29) is 16.7 Å². The molecule has 2 aliphatic rings. The fourth-order valence-electron chi connectivity index (χ4n) is 4.03. The first-order valence-electron chi connectivity index (χ1n) is 10.5. The zero-order chi connectivity index (χ0) is 20.7. The van der Waals surface area contributed by atoms with Gasteiger partial charge in [-0.2, -0.15) is 16.1 Å². The van der Waals surface area contributed by atoms with Gasteiger partial charge in [-0.15, -0.1) is 0 Å². The van der Waals surface area contributed by atoms with E-state index in [1.54, 1.807) is 31.4 Å². The monoisotopic (exact) mass is 440 g/mol. The van der Waals surface area contributed by atoms with Gasteiger partial charge in [0.2, 0.25) is 15.9 Å². The fraction of sp³-hybridized carbons (Fsp3) is 0.667. The molecule has 1 saturated heterocycles. The number of methoxy groups -OCH3 is 1. The molecule has 0 spiro atoms. The van der Waals surface area contributed by atoms with Crippen molar-refractivity contribution in [3.63, 3.8) is 0 Å². The minimum absolute atomic E-state index is 0.0655. The van der Waals surface area contributed by atoms with Crippen LogP contribution in [0.25, 0.3) is 0 Å². The second-order valence-corrected chi connectivity index (χ2v) is 11.1. The quantitative estimate of drug-likeness (QED) is 0.628. The van der Waals surface area contributed by atoms with Gasteiger partial charge < -0.3 is 10.1 Å². The van der Waals surface area contributed by atoms with E-state index in [0.29, 0.717) is 38.2 Å². The summed E-state index contributed by atoms with van der Waals surface area (Å²) in [6, 6.07) is 6.44. The van der Waals surface area contributed by atoms with Gasteiger partial charge in [0, 0.05) is 36.6 Å². The summed E-state index contributed by atoms with van der Waals surface area (Å²) in [5.41, 5.74) is 0. The van der Waals surface area contributed by atoms with Crippen LogP contribution in [0.1, 0.15) is 44.9 Å². The lowest BCUT2D eigenvalue weighted by atomic mass is 9.97. The van der Waals surface area contributed by atoms with Gasteiger partial charge in [-0.3, -0.25) is 4.79 Å². The molecule has 1 aliphatic heterocycles. The van der Waals surface area contributed by atoms with Crippen molar-refractivity contribution < 1.29 is 17.9 Å². The third-order valence-electron chi connectivity index (χ3n) is 5.83. The number of carbonyl (C=O) groups is 1. The summed E-state index contributed by atoms with van der Waals surface area (Å²) in [4.78, 5) is 12.7. The molecule has 29 heavy (non-hydrogen) atoms. The van der Waals surface area contributed by atoms with E-state index in [4.69, 9.17) is 4.74 Å². The maximum atomic E-state index is 12.8. The van der Waals surface area contributed by atoms with Crippen LogP contribution in [0.15, 0.2) is 29.2 Å². The van der Waals surface area contributed by atoms with E-state index in [9.17, 15) is 13.2 Å². The Kier molecular flexibility index (Phi) is 8.26. The lowest BCUT2D eigenvalue weighted by molar-refractivity contribution is -0.125. The van der Waals surface area contributed by atoms with Crippen LogP contribution in [-0.4, -0.2) is 56.4 Å². The van der Waals surface area contributed by atoms with Crippen molar-refractivity contribution in [2.24, 2.45) is 5.92 Å². The number of ether oxygens (including phenoxy) is 1. The topological polar surface area (TPSA) is 75.7 Å². The van der Waals surface area contributed by atoms with Crippen LogP contribution in [0.2, 0.25) is 0 Å². The second kappa shape index (κ2) is 10.7. The van der Waals surface area contributed by atoms with Crippen LogP contribution < -0.4 is 10.1 Å². The van der Waals surface area contributed by atoms with E-state index in [1.165, 1.54) is 36.4 Å². The van der Waals surface area contributed by atoms with Gasteiger partial charge >= 0.3 is 0 Å². The molecule has 1 amide bonds. The van der Waals surface area contributed by atoms with Crippen LogP contribution in [0.3, 0.4) is 0 Å². The number of nitrogens with zero attached hydrogens (tertiary/aromatic N) is 1. The highest BCUT2D eigenvalue weighted by Gasteiger charge is 2.32. The van der Waals surface area contributed by atoms with Crippen molar-refractivity contribution in [3.05, 3.63) is 24.3 Å². The van der Waals surface area contributed by atoms with Gasteiger partial charge in [-0.1, -0.05) is 19.3 Å². The molecule has 1 aromatic rings. The number of sulfonamides is 1. The Morgan fingerprint density at radius 1 is 1.10 bits per heavy atom. The summed E-state index contributed by atoms with van der Waals surface area (Å²) in [6.07, 6.45) is 7.78. The third kappa shape index (κ3) is 6.12. The van der Waals surface area contributed by atoms with Crippen LogP contribution in [0.4, 0.5) is 0 Å². The Labute approximate surface area is 178 Å². The fourth-order valence-corrected chi connectivity index (χ4v) is 6.72. The lowest BCUT2D eigenvalue weighted by Crippen LogP contribution is -2.43. The summed E-state index contributed by atoms with van der Waals surface area (Å²) < 4.78 is 32.2. The van der Waals surface area contributed by atoms with Crippen LogP contribution in [-0.2, 0) is 14.8 Å². The van der Waals surface area contributed by atoms with Gasteiger partial charge in [0.1, 0.15) is 5.75 Å². The molecular formula is C21H32N2O4S2. The van der Waals surface area contributed by atoms with Gasteiger partial charge in [-0.25, -0.2) is 8.42 Å². The Hall–Kier alpha value is -1.25. The molecule has 2 fully saturated rings. The number of hydrogen-bond acceptors (Lipinski definition) is 5. The van der Waals surface area contributed by atoms with E-state index in [2.05, 4.69) is 5.32 Å². The molecule has 1 N–H and O–H groups in total. The van der Waals surface area contributed by atoms with Crippen molar-refractivity contribution in [1.29, 1.82) is 0 Å². The van der Waals surface area contributed by atoms with Crippen molar-refractivity contribution in [2.75, 3.05) is 32.5 Å². The first-order valence-corrected chi connectivity index (χ1v) is 13.0. The SMILES string of the molecule is COc1ccc(S(=O)(=O)N2CCC(C(=O)NCCSC3CCCCC3)CC2)cc1. The molecule has 1 aromatic carbocycles. The predicted molar refractivity (Wildman–Crippen MR) is 117 cm³/mol. The molecule has 1 heterocycles. The number of amides is 1. The Morgan fingerprint density at radius 2 is 1.76 bits per heavy atom. The zero-order valence-electron chi connectivity index (χ0n) is 17.1.